The Balaban J connectivity index is 1.65. The van der Waals surface area contributed by atoms with Gasteiger partial charge in [0.05, 0.1) is 6.20 Å². The first kappa shape index (κ1) is 20.7. The molecule has 0 saturated heterocycles. The molecule has 5 N–H and O–H groups in total. The molecule has 0 aliphatic heterocycles. The van der Waals surface area contributed by atoms with Crippen molar-refractivity contribution in [1.82, 2.24) is 4.98 Å². The molecule has 29 heavy (non-hydrogen) atoms. The number of nitrogens with two attached hydrogens (primary N) is 1. The third-order valence-corrected chi connectivity index (χ3v) is 8.99. The Morgan fingerprint density at radius 2 is 2.14 bits per heavy atom. The van der Waals surface area contributed by atoms with Gasteiger partial charge >= 0.3 is 0 Å². The van der Waals surface area contributed by atoms with Gasteiger partial charge in [-0.1, -0.05) is 13.0 Å². The van der Waals surface area contributed by atoms with Gasteiger partial charge in [0.1, 0.15) is 24.7 Å². The summed E-state index contributed by atoms with van der Waals surface area (Å²) in [7, 11) is -3.35. The number of aryl methyl sites for hydroxylation is 1. The maximum atomic E-state index is 12.9. The Kier molecular flexibility index (Phi) is 5.23. The summed E-state index contributed by atoms with van der Waals surface area (Å²) in [5, 5.41) is 30.1. The Bertz CT molecular complexity index is 1060. The van der Waals surface area contributed by atoms with Crippen LogP contribution in [-0.4, -0.2) is 25.8 Å². The molecule has 3 unspecified atom stereocenters. The van der Waals surface area contributed by atoms with Crippen molar-refractivity contribution >= 4 is 26.9 Å². The number of aliphatic hydroxyl groups is 2. The fourth-order valence-electron chi connectivity index (χ4n) is 4.25. The number of aromatic nitrogens is 1. The summed E-state index contributed by atoms with van der Waals surface area (Å²) in [5.74, 6) is 0.502. The molecule has 4 rings (SSSR count). The Labute approximate surface area is 175 Å². The quantitative estimate of drug-likeness (QED) is 0.537. The van der Waals surface area contributed by atoms with Gasteiger partial charge in [0.15, 0.2) is 0 Å². The largest absolute Gasteiger partial charge is 0.383 e. The van der Waals surface area contributed by atoms with Crippen LogP contribution in [-0.2, 0) is 34.8 Å². The van der Waals surface area contributed by atoms with E-state index in [-0.39, 0.29) is 4.21 Å². The first-order valence-electron chi connectivity index (χ1n) is 9.91. The number of anilines is 1. The topological polar surface area (TPSA) is 121 Å². The summed E-state index contributed by atoms with van der Waals surface area (Å²) in [6.45, 7) is 5.42. The molecular weight excluding hydrogens is 408 g/mol. The van der Waals surface area contributed by atoms with Crippen molar-refractivity contribution in [3.63, 3.8) is 0 Å². The zero-order valence-electron chi connectivity index (χ0n) is 16.9. The predicted molar refractivity (Wildman–Crippen MR) is 115 cm³/mol. The van der Waals surface area contributed by atoms with Gasteiger partial charge in [-0.2, -0.15) is 4.36 Å². The van der Waals surface area contributed by atoms with Crippen LogP contribution in [0.1, 0.15) is 66.8 Å². The van der Waals surface area contributed by atoms with E-state index in [1.54, 1.807) is 13.8 Å². The fourth-order valence-corrected chi connectivity index (χ4v) is 6.40. The van der Waals surface area contributed by atoms with Gasteiger partial charge in [0.25, 0.3) is 0 Å². The molecule has 9 heteroatoms. The normalized spacial score (nSPS) is 21.4. The van der Waals surface area contributed by atoms with Gasteiger partial charge in [-0.3, -0.25) is 0 Å². The van der Waals surface area contributed by atoms with Crippen molar-refractivity contribution in [2.45, 2.75) is 75.0 Å². The number of benzene rings is 1. The van der Waals surface area contributed by atoms with Crippen molar-refractivity contribution in [2.75, 3.05) is 5.32 Å². The number of fused-ring (bicyclic) bond motifs is 2. The molecule has 0 fully saturated rings. The van der Waals surface area contributed by atoms with E-state index in [9.17, 15) is 14.4 Å². The molecule has 2 aliphatic carbocycles. The highest BCUT2D eigenvalue weighted by Gasteiger charge is 2.29. The molecule has 0 saturated carbocycles. The number of nitrogens with one attached hydrogen (secondary N) is 1. The van der Waals surface area contributed by atoms with Crippen LogP contribution >= 0.6 is 11.3 Å². The van der Waals surface area contributed by atoms with Crippen LogP contribution in [0.3, 0.4) is 0 Å². The summed E-state index contributed by atoms with van der Waals surface area (Å²) in [4.78, 5) is 4.10. The minimum absolute atomic E-state index is 0.229. The fraction of sp³-hybridized carbons (Fsp3) is 0.550. The van der Waals surface area contributed by atoms with Crippen LogP contribution in [0.15, 0.2) is 20.8 Å². The first-order valence-corrected chi connectivity index (χ1v) is 12.3. The number of hydrogen-bond donors (Lipinski definition) is 4. The van der Waals surface area contributed by atoms with E-state index in [1.807, 2.05) is 0 Å². The maximum Gasteiger partial charge on any atom is 0.233 e. The molecule has 0 amide bonds. The molecular formula is C20H28N4O3S2. The van der Waals surface area contributed by atoms with Crippen LogP contribution in [0.5, 0.6) is 0 Å². The molecule has 0 radical (unpaired) electrons. The number of nitrogens with zero attached hydrogens (tertiary/aromatic N) is 2. The molecule has 1 aromatic carbocycles. The monoisotopic (exact) mass is 436 g/mol. The summed E-state index contributed by atoms with van der Waals surface area (Å²) in [5.41, 5.74) is 4.92. The lowest BCUT2D eigenvalue weighted by Gasteiger charge is -2.19. The van der Waals surface area contributed by atoms with Crippen molar-refractivity contribution < 1.29 is 14.4 Å². The van der Waals surface area contributed by atoms with Gasteiger partial charge < -0.3 is 15.5 Å². The third-order valence-electron chi connectivity index (χ3n) is 5.73. The van der Waals surface area contributed by atoms with Crippen LogP contribution in [0, 0.1) is 0 Å². The highest BCUT2D eigenvalue weighted by molar-refractivity contribution is 7.93. The zero-order chi connectivity index (χ0) is 21.0. The average Bonchev–Trinajstić information content (AvgIpc) is 3.33. The van der Waals surface area contributed by atoms with Crippen molar-refractivity contribution in [3.8, 4) is 0 Å². The summed E-state index contributed by atoms with van der Waals surface area (Å²) >= 11 is 1.04. The lowest BCUT2D eigenvalue weighted by atomic mass is 9.96. The SMILES string of the molecule is CC1CCc2c1cc1c(c2NC(O)N=S(N)(=O)c2cnc(C(C)(C)O)s2)CCC1. The number of aliphatic hydroxyl groups excluding tert-OH is 1. The van der Waals surface area contributed by atoms with Crippen molar-refractivity contribution in [1.29, 1.82) is 0 Å². The molecule has 2 aliphatic rings. The predicted octanol–water partition coefficient (Wildman–Crippen LogP) is 3.00. The molecule has 0 bridgehead atoms. The van der Waals surface area contributed by atoms with Gasteiger partial charge in [-0.15, -0.1) is 11.3 Å². The van der Waals surface area contributed by atoms with Crippen molar-refractivity contribution in [2.24, 2.45) is 9.50 Å². The molecule has 1 aromatic heterocycles. The summed E-state index contributed by atoms with van der Waals surface area (Å²) < 4.78 is 17.2. The zero-order valence-corrected chi connectivity index (χ0v) is 18.6. The minimum atomic E-state index is -3.35. The van der Waals surface area contributed by atoms with E-state index in [2.05, 4.69) is 27.7 Å². The standard InChI is InChI=1S/C20H28N4O3S2/c1-11-7-8-14-15(11)9-12-5-4-6-13(12)17(14)23-19(25)24-29(21,27)16-10-22-18(28-16)20(2,3)26/h9-11,19,23,25-26H,4-8H2,1-3H3,(H2,21,24,27). The highest BCUT2D eigenvalue weighted by atomic mass is 32.2. The lowest BCUT2D eigenvalue weighted by Crippen LogP contribution is -2.23. The van der Waals surface area contributed by atoms with Gasteiger partial charge in [-0.25, -0.2) is 14.3 Å². The van der Waals surface area contributed by atoms with E-state index >= 15 is 0 Å². The summed E-state index contributed by atoms with van der Waals surface area (Å²) in [6.07, 6.45) is 5.12. The van der Waals surface area contributed by atoms with Crippen molar-refractivity contribution in [3.05, 3.63) is 39.5 Å². The maximum absolute atomic E-state index is 12.9. The van der Waals surface area contributed by atoms with E-state index in [1.165, 1.54) is 28.5 Å². The molecule has 0 spiro atoms. The van der Waals surface area contributed by atoms with Crippen LogP contribution in [0.25, 0.3) is 0 Å². The second-order valence-corrected chi connectivity index (χ2v) is 11.6. The lowest BCUT2D eigenvalue weighted by molar-refractivity contribution is 0.0783. The first-order chi connectivity index (χ1) is 13.6. The van der Waals surface area contributed by atoms with Gasteiger partial charge in [-0.05, 0) is 74.1 Å². The number of thiazole rings is 1. The highest BCUT2D eigenvalue weighted by Crippen LogP contribution is 2.43. The van der Waals surface area contributed by atoms with E-state index in [0.29, 0.717) is 10.9 Å². The third kappa shape index (κ3) is 3.94. The molecule has 158 valence electrons. The molecule has 7 nitrogen and oxygen atoms in total. The smallest absolute Gasteiger partial charge is 0.233 e. The van der Waals surface area contributed by atoms with Crippen LogP contribution in [0.4, 0.5) is 5.69 Å². The number of rotatable bonds is 5. The van der Waals surface area contributed by atoms with Crippen LogP contribution < -0.4 is 10.5 Å². The summed E-state index contributed by atoms with van der Waals surface area (Å²) in [6, 6.07) is 2.33. The Morgan fingerprint density at radius 3 is 2.83 bits per heavy atom. The van der Waals surface area contributed by atoms with Gasteiger partial charge in [0.2, 0.25) is 6.35 Å². The van der Waals surface area contributed by atoms with E-state index < -0.39 is 21.9 Å². The number of hydrogen-bond acceptors (Lipinski definition) is 7. The van der Waals surface area contributed by atoms with E-state index in [4.69, 9.17) is 5.14 Å². The molecule has 2 aromatic rings. The molecule has 1 heterocycles. The van der Waals surface area contributed by atoms with E-state index in [0.717, 1.165) is 49.1 Å². The second-order valence-electron chi connectivity index (χ2n) is 8.49. The second kappa shape index (κ2) is 7.31. The Morgan fingerprint density at radius 1 is 1.38 bits per heavy atom. The molecule has 3 atom stereocenters. The Hall–Kier alpha value is -1.52. The van der Waals surface area contributed by atoms with Crippen LogP contribution in [0.2, 0.25) is 0 Å². The van der Waals surface area contributed by atoms with Gasteiger partial charge in [0, 0.05) is 5.69 Å². The minimum Gasteiger partial charge on any atom is -0.383 e. The average molecular weight is 437 g/mol.